The molecule has 1 aliphatic heterocycles. The summed E-state index contributed by atoms with van der Waals surface area (Å²) in [6, 6.07) is 8.61. The van der Waals surface area contributed by atoms with Crippen molar-refractivity contribution in [2.75, 3.05) is 13.2 Å². The molecule has 1 aliphatic carbocycles. The highest BCUT2D eigenvalue weighted by molar-refractivity contribution is 5.77. The minimum absolute atomic E-state index is 0.0198. The van der Waals surface area contributed by atoms with Crippen molar-refractivity contribution in [3.8, 4) is 0 Å². The zero-order valence-corrected chi connectivity index (χ0v) is 14.2. The first-order chi connectivity index (χ1) is 11.1. The molecule has 1 aromatic carbocycles. The summed E-state index contributed by atoms with van der Waals surface area (Å²) in [7, 11) is 0. The Kier molecular flexibility index (Phi) is 5.02. The number of rotatable bonds is 3. The number of carbonyl (C=O) groups excluding carboxylic acids is 1. The Balaban J connectivity index is 1.68. The molecule has 126 valence electrons. The molecule has 23 heavy (non-hydrogen) atoms. The molecule has 2 fully saturated rings. The van der Waals surface area contributed by atoms with Crippen LogP contribution in [-0.4, -0.2) is 36.0 Å². The van der Waals surface area contributed by atoms with E-state index in [9.17, 15) is 4.79 Å². The first kappa shape index (κ1) is 16.5. The Morgan fingerprint density at radius 3 is 2.83 bits per heavy atom. The number of hydrogen-bond donors (Lipinski definition) is 1. The molecule has 2 N–H and O–H groups in total. The smallest absolute Gasteiger partial charge is 0.223 e. The summed E-state index contributed by atoms with van der Waals surface area (Å²) in [6.45, 7) is 5.41. The monoisotopic (exact) mass is 316 g/mol. The topological polar surface area (TPSA) is 55.6 Å². The van der Waals surface area contributed by atoms with E-state index in [1.807, 2.05) is 17.0 Å². The van der Waals surface area contributed by atoms with Crippen LogP contribution in [0.3, 0.4) is 0 Å². The van der Waals surface area contributed by atoms with Crippen LogP contribution in [0, 0.1) is 12.8 Å². The summed E-state index contributed by atoms with van der Waals surface area (Å²) in [5.41, 5.74) is 8.54. The van der Waals surface area contributed by atoms with Gasteiger partial charge in [0.05, 0.1) is 19.2 Å². The van der Waals surface area contributed by atoms with Crippen molar-refractivity contribution in [1.82, 2.24) is 4.90 Å². The number of morpholine rings is 1. The second-order valence-corrected chi connectivity index (χ2v) is 7.13. The van der Waals surface area contributed by atoms with Gasteiger partial charge in [-0.2, -0.15) is 0 Å². The van der Waals surface area contributed by atoms with Crippen LogP contribution in [0.1, 0.15) is 49.8 Å². The molecule has 0 radical (unpaired) electrons. The molecule has 4 heteroatoms. The molecular formula is C19H28N2O2. The molecule has 1 saturated heterocycles. The fourth-order valence-electron chi connectivity index (χ4n) is 3.90. The maximum atomic E-state index is 12.8. The number of hydrogen-bond acceptors (Lipinski definition) is 3. The van der Waals surface area contributed by atoms with Gasteiger partial charge in [0.2, 0.25) is 5.91 Å². The predicted octanol–water partition coefficient (Wildman–Crippen LogP) is 2.80. The van der Waals surface area contributed by atoms with Gasteiger partial charge in [-0.05, 0) is 43.7 Å². The summed E-state index contributed by atoms with van der Waals surface area (Å²) in [4.78, 5) is 14.8. The molecule has 4 atom stereocenters. The van der Waals surface area contributed by atoms with E-state index in [0.29, 0.717) is 25.5 Å². The third kappa shape index (κ3) is 3.59. The van der Waals surface area contributed by atoms with E-state index in [1.165, 1.54) is 11.1 Å². The van der Waals surface area contributed by atoms with E-state index in [-0.39, 0.29) is 24.1 Å². The molecule has 1 heterocycles. The van der Waals surface area contributed by atoms with Crippen LogP contribution in [0.15, 0.2) is 24.3 Å². The Morgan fingerprint density at radius 2 is 2.13 bits per heavy atom. The number of carbonyl (C=O) groups is 1. The Hall–Kier alpha value is -1.39. The Morgan fingerprint density at radius 1 is 1.35 bits per heavy atom. The minimum Gasteiger partial charge on any atom is -0.370 e. The number of aryl methyl sites for hydroxylation is 1. The van der Waals surface area contributed by atoms with Gasteiger partial charge in [-0.25, -0.2) is 0 Å². The highest BCUT2D eigenvalue weighted by Crippen LogP contribution is 2.31. The molecule has 0 aromatic heterocycles. The summed E-state index contributed by atoms with van der Waals surface area (Å²) in [5.74, 6) is 0.594. The molecule has 1 aromatic rings. The zero-order chi connectivity index (χ0) is 16.4. The third-order valence-electron chi connectivity index (χ3n) is 5.44. The van der Waals surface area contributed by atoms with Crippen LogP contribution in [0.5, 0.6) is 0 Å². The second kappa shape index (κ2) is 7.02. The number of ether oxygens (including phenoxy) is 1. The minimum atomic E-state index is -0.0198. The number of benzene rings is 1. The molecule has 1 amide bonds. The maximum Gasteiger partial charge on any atom is 0.223 e. The van der Waals surface area contributed by atoms with Crippen LogP contribution in [-0.2, 0) is 9.53 Å². The molecule has 1 saturated carbocycles. The SMILES string of the molecule is Cc1ccccc1C1CN(C(=O)C[C@@H]2CCC[C@H]2N)C(C)CO1. The van der Waals surface area contributed by atoms with Gasteiger partial charge < -0.3 is 15.4 Å². The molecule has 2 unspecified atom stereocenters. The number of nitrogens with two attached hydrogens (primary N) is 1. The lowest BCUT2D eigenvalue weighted by atomic mass is 9.97. The zero-order valence-electron chi connectivity index (χ0n) is 14.2. The number of amides is 1. The van der Waals surface area contributed by atoms with Gasteiger partial charge in [0.1, 0.15) is 6.10 Å². The van der Waals surface area contributed by atoms with Crippen molar-refractivity contribution in [2.45, 2.75) is 57.7 Å². The lowest BCUT2D eigenvalue weighted by molar-refractivity contribution is -0.145. The fraction of sp³-hybridized carbons (Fsp3) is 0.632. The van der Waals surface area contributed by atoms with Crippen molar-refractivity contribution in [3.63, 3.8) is 0 Å². The van der Waals surface area contributed by atoms with Crippen LogP contribution in [0.2, 0.25) is 0 Å². The molecule has 3 rings (SSSR count). The van der Waals surface area contributed by atoms with E-state index < -0.39 is 0 Å². The average molecular weight is 316 g/mol. The van der Waals surface area contributed by atoms with E-state index >= 15 is 0 Å². The molecular weight excluding hydrogens is 288 g/mol. The second-order valence-electron chi connectivity index (χ2n) is 7.13. The summed E-state index contributed by atoms with van der Waals surface area (Å²) >= 11 is 0. The van der Waals surface area contributed by atoms with Crippen LogP contribution in [0.25, 0.3) is 0 Å². The van der Waals surface area contributed by atoms with Gasteiger partial charge >= 0.3 is 0 Å². The largest absolute Gasteiger partial charge is 0.370 e. The Labute approximate surface area is 139 Å². The highest BCUT2D eigenvalue weighted by Gasteiger charge is 2.34. The highest BCUT2D eigenvalue weighted by atomic mass is 16.5. The van der Waals surface area contributed by atoms with Crippen molar-refractivity contribution in [3.05, 3.63) is 35.4 Å². The molecule has 0 spiro atoms. The van der Waals surface area contributed by atoms with Gasteiger partial charge in [0.25, 0.3) is 0 Å². The van der Waals surface area contributed by atoms with Gasteiger partial charge in [-0.15, -0.1) is 0 Å². The van der Waals surface area contributed by atoms with Gasteiger partial charge in [-0.1, -0.05) is 30.7 Å². The first-order valence-electron chi connectivity index (χ1n) is 8.78. The van der Waals surface area contributed by atoms with Crippen molar-refractivity contribution < 1.29 is 9.53 Å². The van der Waals surface area contributed by atoms with E-state index in [1.54, 1.807) is 0 Å². The fourth-order valence-corrected chi connectivity index (χ4v) is 3.90. The predicted molar refractivity (Wildman–Crippen MR) is 91.0 cm³/mol. The standard InChI is InChI=1S/C19H28N2O2/c1-13-6-3-4-8-16(13)18-11-21(14(2)12-23-18)19(22)10-15-7-5-9-17(15)20/h3-4,6,8,14-15,17-18H,5,7,9-12,20H2,1-2H3/t14?,15-,17+,18?/m0/s1. The molecule has 4 nitrogen and oxygen atoms in total. The molecule has 2 aliphatic rings. The normalized spacial score (nSPS) is 31.3. The van der Waals surface area contributed by atoms with Gasteiger partial charge in [0.15, 0.2) is 0 Å². The maximum absolute atomic E-state index is 12.8. The third-order valence-corrected chi connectivity index (χ3v) is 5.44. The van der Waals surface area contributed by atoms with Crippen LogP contribution in [0.4, 0.5) is 0 Å². The first-order valence-corrected chi connectivity index (χ1v) is 8.78. The van der Waals surface area contributed by atoms with E-state index in [0.717, 1.165) is 19.3 Å². The average Bonchev–Trinajstić information content (AvgIpc) is 2.93. The van der Waals surface area contributed by atoms with Crippen LogP contribution < -0.4 is 5.73 Å². The Bertz CT molecular complexity index is 560. The summed E-state index contributed by atoms with van der Waals surface area (Å²) in [6.07, 6.45) is 3.87. The number of nitrogens with zero attached hydrogens (tertiary/aromatic N) is 1. The van der Waals surface area contributed by atoms with Crippen molar-refractivity contribution in [2.24, 2.45) is 11.7 Å². The summed E-state index contributed by atoms with van der Waals surface area (Å²) < 4.78 is 6.01. The van der Waals surface area contributed by atoms with Gasteiger partial charge in [0, 0.05) is 12.5 Å². The lowest BCUT2D eigenvalue weighted by Crippen LogP contribution is -2.49. The lowest BCUT2D eigenvalue weighted by Gasteiger charge is -2.39. The van der Waals surface area contributed by atoms with Crippen molar-refractivity contribution >= 4 is 5.91 Å². The van der Waals surface area contributed by atoms with E-state index in [2.05, 4.69) is 26.0 Å². The van der Waals surface area contributed by atoms with Crippen LogP contribution >= 0.6 is 0 Å². The van der Waals surface area contributed by atoms with Crippen molar-refractivity contribution in [1.29, 1.82) is 0 Å². The van der Waals surface area contributed by atoms with E-state index in [4.69, 9.17) is 10.5 Å². The summed E-state index contributed by atoms with van der Waals surface area (Å²) in [5, 5.41) is 0. The van der Waals surface area contributed by atoms with Gasteiger partial charge in [-0.3, -0.25) is 4.79 Å². The quantitative estimate of drug-likeness (QED) is 0.933. The molecule has 0 bridgehead atoms.